The van der Waals surface area contributed by atoms with Crippen molar-refractivity contribution in [1.82, 2.24) is 0 Å². The van der Waals surface area contributed by atoms with Crippen molar-refractivity contribution in [3.63, 3.8) is 0 Å². The largest absolute Gasteiger partial charge is 0.459 e. The maximum absolute atomic E-state index is 12.6. The van der Waals surface area contributed by atoms with Crippen LogP contribution in [0, 0.1) is 22.7 Å². The SMILES string of the molecule is CCC12CC3CC(C1)CC(OC(=O)C(C)(C)CC)(C3)C2. The Kier molecular flexibility index (Phi) is 3.23. The predicted octanol–water partition coefficient (Wildman–Crippen LogP) is 4.71. The molecule has 4 saturated carbocycles. The smallest absolute Gasteiger partial charge is 0.312 e. The highest BCUT2D eigenvalue weighted by Crippen LogP contribution is 2.64. The summed E-state index contributed by atoms with van der Waals surface area (Å²) in [4.78, 5) is 12.6. The Morgan fingerprint density at radius 1 is 1.15 bits per heavy atom. The van der Waals surface area contributed by atoms with Gasteiger partial charge in [-0.3, -0.25) is 4.79 Å². The molecule has 4 aliphatic rings. The highest BCUT2D eigenvalue weighted by Gasteiger charge is 2.59. The third-order valence-electron chi connectivity index (χ3n) is 6.62. The van der Waals surface area contributed by atoms with Crippen LogP contribution in [0.15, 0.2) is 0 Å². The molecule has 0 N–H and O–H groups in total. The van der Waals surface area contributed by atoms with E-state index in [4.69, 9.17) is 4.74 Å². The van der Waals surface area contributed by atoms with Crippen LogP contribution in [0.5, 0.6) is 0 Å². The molecule has 2 atom stereocenters. The molecule has 0 radical (unpaired) electrons. The van der Waals surface area contributed by atoms with Gasteiger partial charge in [0.05, 0.1) is 5.41 Å². The van der Waals surface area contributed by atoms with E-state index in [-0.39, 0.29) is 17.0 Å². The van der Waals surface area contributed by atoms with E-state index in [0.29, 0.717) is 5.41 Å². The minimum Gasteiger partial charge on any atom is -0.459 e. The standard InChI is InChI=1S/C18H30O2/c1-5-16(3,4)15(19)20-18-10-13-7-14(11-18)9-17(6-2,8-13)12-18/h13-14H,5-12H2,1-4H3. The number of carbonyl (C=O) groups excluding carboxylic acids is 1. The molecule has 114 valence electrons. The lowest BCUT2D eigenvalue weighted by Crippen LogP contribution is -2.57. The molecule has 0 aromatic rings. The monoisotopic (exact) mass is 278 g/mol. The number of hydrogen-bond acceptors (Lipinski definition) is 2. The van der Waals surface area contributed by atoms with Gasteiger partial charge in [0.25, 0.3) is 0 Å². The Morgan fingerprint density at radius 2 is 1.75 bits per heavy atom. The van der Waals surface area contributed by atoms with Crippen molar-refractivity contribution in [3.8, 4) is 0 Å². The van der Waals surface area contributed by atoms with Crippen molar-refractivity contribution in [1.29, 1.82) is 0 Å². The molecule has 20 heavy (non-hydrogen) atoms. The quantitative estimate of drug-likeness (QED) is 0.696. The Balaban J connectivity index is 1.81. The van der Waals surface area contributed by atoms with Crippen LogP contribution >= 0.6 is 0 Å². The fourth-order valence-corrected chi connectivity index (χ4v) is 5.38. The minimum atomic E-state index is -0.331. The molecular formula is C18H30O2. The summed E-state index contributed by atoms with van der Waals surface area (Å²) < 4.78 is 6.19. The van der Waals surface area contributed by atoms with E-state index in [1.54, 1.807) is 0 Å². The molecule has 4 fully saturated rings. The molecule has 0 heterocycles. The van der Waals surface area contributed by atoms with Gasteiger partial charge in [0.2, 0.25) is 0 Å². The van der Waals surface area contributed by atoms with E-state index >= 15 is 0 Å². The zero-order valence-corrected chi connectivity index (χ0v) is 13.6. The second-order valence-electron chi connectivity index (χ2n) is 8.62. The summed E-state index contributed by atoms with van der Waals surface area (Å²) in [5, 5.41) is 0. The zero-order chi connectivity index (χ0) is 14.6. The number of ether oxygens (including phenoxy) is 1. The van der Waals surface area contributed by atoms with Crippen molar-refractivity contribution in [2.45, 2.75) is 84.7 Å². The Morgan fingerprint density at radius 3 is 2.25 bits per heavy atom. The molecule has 2 unspecified atom stereocenters. The van der Waals surface area contributed by atoms with Crippen molar-refractivity contribution >= 4 is 5.97 Å². The van der Waals surface area contributed by atoms with Crippen LogP contribution in [0.2, 0.25) is 0 Å². The fourth-order valence-electron chi connectivity index (χ4n) is 5.38. The summed E-state index contributed by atoms with van der Waals surface area (Å²) >= 11 is 0. The van der Waals surface area contributed by atoms with Crippen molar-refractivity contribution in [3.05, 3.63) is 0 Å². The minimum absolute atomic E-state index is 0.0354. The number of hydrogen-bond donors (Lipinski definition) is 0. The van der Waals surface area contributed by atoms with Gasteiger partial charge in [-0.05, 0) is 76.0 Å². The fraction of sp³-hybridized carbons (Fsp3) is 0.944. The first-order valence-electron chi connectivity index (χ1n) is 8.55. The van der Waals surface area contributed by atoms with Crippen molar-refractivity contribution in [2.75, 3.05) is 0 Å². The van der Waals surface area contributed by atoms with E-state index < -0.39 is 0 Å². The first-order chi connectivity index (χ1) is 9.32. The molecule has 4 aliphatic carbocycles. The molecule has 4 bridgehead atoms. The molecule has 0 aliphatic heterocycles. The third-order valence-corrected chi connectivity index (χ3v) is 6.62. The molecule has 2 heteroatoms. The van der Waals surface area contributed by atoms with Crippen LogP contribution in [0.25, 0.3) is 0 Å². The van der Waals surface area contributed by atoms with Crippen LogP contribution in [0.4, 0.5) is 0 Å². The normalized spacial score (nSPS) is 42.8. The Labute approximate surface area is 123 Å². The molecule has 2 nitrogen and oxygen atoms in total. The molecule has 0 aromatic heterocycles. The topological polar surface area (TPSA) is 26.3 Å². The number of carbonyl (C=O) groups is 1. The average molecular weight is 278 g/mol. The molecule has 4 rings (SSSR count). The van der Waals surface area contributed by atoms with E-state index in [9.17, 15) is 4.79 Å². The summed E-state index contributed by atoms with van der Waals surface area (Å²) in [6.45, 7) is 8.45. The van der Waals surface area contributed by atoms with Gasteiger partial charge in [0, 0.05) is 0 Å². The van der Waals surface area contributed by atoms with Crippen molar-refractivity contribution < 1.29 is 9.53 Å². The van der Waals surface area contributed by atoms with Crippen molar-refractivity contribution in [2.24, 2.45) is 22.7 Å². The summed E-state index contributed by atoms with van der Waals surface area (Å²) in [6.07, 6.45) is 9.68. The van der Waals surface area contributed by atoms with Crippen LogP contribution in [-0.4, -0.2) is 11.6 Å². The molecule has 0 saturated heterocycles. The Bertz CT molecular complexity index is 396. The summed E-state index contributed by atoms with van der Waals surface area (Å²) in [5.41, 5.74) is 0.0487. The van der Waals surface area contributed by atoms with E-state index in [2.05, 4.69) is 13.8 Å². The van der Waals surface area contributed by atoms with Crippen LogP contribution in [0.1, 0.15) is 79.1 Å². The van der Waals surface area contributed by atoms with Gasteiger partial charge >= 0.3 is 5.97 Å². The lowest BCUT2D eigenvalue weighted by molar-refractivity contribution is -0.209. The van der Waals surface area contributed by atoms with Gasteiger partial charge in [-0.15, -0.1) is 0 Å². The maximum atomic E-state index is 12.6. The van der Waals surface area contributed by atoms with Gasteiger partial charge in [0.1, 0.15) is 5.60 Å². The lowest BCUT2D eigenvalue weighted by atomic mass is 9.47. The van der Waals surface area contributed by atoms with Gasteiger partial charge in [-0.2, -0.15) is 0 Å². The van der Waals surface area contributed by atoms with E-state index in [1.165, 1.54) is 25.7 Å². The summed E-state index contributed by atoms with van der Waals surface area (Å²) in [6, 6.07) is 0. The molecule has 0 spiro atoms. The first kappa shape index (κ1) is 14.4. The highest BCUT2D eigenvalue weighted by molar-refractivity contribution is 5.76. The molecule has 0 amide bonds. The average Bonchev–Trinajstić information content (AvgIpc) is 2.36. The predicted molar refractivity (Wildman–Crippen MR) is 80.3 cm³/mol. The maximum Gasteiger partial charge on any atom is 0.312 e. The Hall–Kier alpha value is -0.530. The van der Waals surface area contributed by atoms with E-state index in [0.717, 1.165) is 37.5 Å². The number of esters is 1. The van der Waals surface area contributed by atoms with Crippen LogP contribution < -0.4 is 0 Å². The third kappa shape index (κ3) is 2.19. The first-order valence-corrected chi connectivity index (χ1v) is 8.55. The lowest BCUT2D eigenvalue weighted by Gasteiger charge is -2.61. The number of rotatable bonds is 4. The van der Waals surface area contributed by atoms with Crippen LogP contribution in [0.3, 0.4) is 0 Å². The van der Waals surface area contributed by atoms with Gasteiger partial charge in [0.15, 0.2) is 0 Å². The summed E-state index contributed by atoms with van der Waals surface area (Å²) in [5.74, 6) is 1.66. The highest BCUT2D eigenvalue weighted by atomic mass is 16.6. The molecule has 0 aromatic carbocycles. The second-order valence-corrected chi connectivity index (χ2v) is 8.62. The zero-order valence-electron chi connectivity index (χ0n) is 13.6. The second kappa shape index (κ2) is 4.48. The molecular weight excluding hydrogens is 248 g/mol. The summed E-state index contributed by atoms with van der Waals surface area (Å²) in [7, 11) is 0. The van der Waals surface area contributed by atoms with E-state index in [1.807, 2.05) is 13.8 Å². The van der Waals surface area contributed by atoms with Gasteiger partial charge in [-0.1, -0.05) is 20.3 Å². The van der Waals surface area contributed by atoms with Gasteiger partial charge < -0.3 is 4.74 Å². The van der Waals surface area contributed by atoms with Gasteiger partial charge in [-0.25, -0.2) is 0 Å². The van der Waals surface area contributed by atoms with Crippen LogP contribution in [-0.2, 0) is 9.53 Å².